The number of carbonyl (C=O) groups is 3. The van der Waals surface area contributed by atoms with Gasteiger partial charge in [-0.15, -0.1) is 0 Å². The number of unbranched alkanes of at least 4 members (excludes halogenated alkanes) is 17. The largest absolute Gasteiger partial charge is 0.464 e. The number of amides is 1. The molecule has 0 saturated carbocycles. The van der Waals surface area contributed by atoms with Crippen LogP contribution in [0.15, 0.2) is 0 Å². The Kier molecular flexibility index (Phi) is 21.8. The van der Waals surface area contributed by atoms with Gasteiger partial charge in [-0.05, 0) is 26.7 Å². The summed E-state index contributed by atoms with van der Waals surface area (Å²) in [5, 5.41) is 2.53. The third-order valence-corrected chi connectivity index (χ3v) is 6.54. The minimum atomic E-state index is -1.74. The number of esters is 2. The van der Waals surface area contributed by atoms with Crippen molar-refractivity contribution in [3.8, 4) is 0 Å². The van der Waals surface area contributed by atoms with Crippen molar-refractivity contribution in [1.82, 2.24) is 5.32 Å². The summed E-state index contributed by atoms with van der Waals surface area (Å²) < 4.78 is 10.2. The predicted octanol–water partition coefficient (Wildman–Crippen LogP) is 7.42. The quantitative estimate of drug-likeness (QED) is 0.0852. The van der Waals surface area contributed by atoms with E-state index in [0.29, 0.717) is 6.42 Å². The Bertz CT molecular complexity index is 531. The molecule has 0 heterocycles. The lowest BCUT2D eigenvalue weighted by molar-refractivity contribution is -0.168. The lowest BCUT2D eigenvalue weighted by Gasteiger charge is -2.29. The Balaban J connectivity index is 3.95. The number of nitrogens with one attached hydrogen (secondary N) is 1. The van der Waals surface area contributed by atoms with Crippen LogP contribution in [0.5, 0.6) is 0 Å². The second-order valence-electron chi connectivity index (χ2n) is 9.79. The van der Waals surface area contributed by atoms with Crippen LogP contribution in [0.3, 0.4) is 0 Å². The molecule has 0 aromatic heterocycles. The minimum Gasteiger partial charge on any atom is -0.464 e. The molecular formula is C29H55NO5. The van der Waals surface area contributed by atoms with Gasteiger partial charge in [0.2, 0.25) is 11.4 Å². The summed E-state index contributed by atoms with van der Waals surface area (Å²) in [6.07, 6.45) is 23.0. The van der Waals surface area contributed by atoms with E-state index in [2.05, 4.69) is 12.2 Å². The Hall–Kier alpha value is -1.59. The molecule has 6 heteroatoms. The topological polar surface area (TPSA) is 81.7 Å². The first-order valence-corrected chi connectivity index (χ1v) is 14.6. The maximum Gasteiger partial charge on any atom is 0.343 e. The van der Waals surface area contributed by atoms with Crippen LogP contribution in [0.4, 0.5) is 0 Å². The summed E-state index contributed by atoms with van der Waals surface area (Å²) in [6.45, 7) is 7.20. The molecule has 35 heavy (non-hydrogen) atoms. The molecule has 0 aromatic carbocycles. The number of hydrogen-bond acceptors (Lipinski definition) is 5. The van der Waals surface area contributed by atoms with Crippen LogP contribution in [-0.2, 0) is 23.9 Å². The van der Waals surface area contributed by atoms with Gasteiger partial charge >= 0.3 is 11.9 Å². The van der Waals surface area contributed by atoms with Crippen molar-refractivity contribution in [2.75, 3.05) is 13.2 Å². The van der Waals surface area contributed by atoms with E-state index in [4.69, 9.17) is 9.47 Å². The van der Waals surface area contributed by atoms with Crippen molar-refractivity contribution in [3.05, 3.63) is 0 Å². The molecule has 0 radical (unpaired) electrons. The second kappa shape index (κ2) is 22.8. The third kappa shape index (κ3) is 16.7. The second-order valence-corrected chi connectivity index (χ2v) is 9.79. The van der Waals surface area contributed by atoms with E-state index in [1.165, 1.54) is 96.8 Å². The standard InChI is InChI=1S/C29H55NO5/c1-5-8-9-10-11-12-13-14-15-16-17-18-19-20-21-22-23-24-25-29(30-26(4)31,27(32)34-6-2)28(33)35-7-3/h5-25H2,1-4H3,(H,30,31). The summed E-state index contributed by atoms with van der Waals surface area (Å²) in [6, 6.07) is 0. The highest BCUT2D eigenvalue weighted by molar-refractivity contribution is 6.07. The number of hydrogen-bond donors (Lipinski definition) is 1. The fourth-order valence-corrected chi connectivity index (χ4v) is 4.55. The number of ether oxygens (including phenoxy) is 2. The van der Waals surface area contributed by atoms with Crippen molar-refractivity contribution < 1.29 is 23.9 Å². The van der Waals surface area contributed by atoms with Crippen molar-refractivity contribution in [2.45, 2.75) is 155 Å². The average Bonchev–Trinajstić information content (AvgIpc) is 2.82. The highest BCUT2D eigenvalue weighted by Gasteiger charge is 2.49. The SMILES string of the molecule is CCCCCCCCCCCCCCCCCCCCC(NC(C)=O)(C(=O)OCC)C(=O)OCC. The average molecular weight is 498 g/mol. The molecule has 1 N–H and O–H groups in total. The van der Waals surface area contributed by atoms with Crippen molar-refractivity contribution >= 4 is 17.8 Å². The van der Waals surface area contributed by atoms with Gasteiger partial charge in [0.15, 0.2) is 0 Å². The summed E-state index contributed by atoms with van der Waals surface area (Å²) >= 11 is 0. The van der Waals surface area contributed by atoms with Gasteiger partial charge in [-0.25, -0.2) is 9.59 Å². The van der Waals surface area contributed by atoms with E-state index in [-0.39, 0.29) is 19.6 Å². The van der Waals surface area contributed by atoms with Gasteiger partial charge in [0.05, 0.1) is 13.2 Å². The molecule has 0 spiro atoms. The molecule has 0 aromatic rings. The highest BCUT2D eigenvalue weighted by atomic mass is 16.6. The Morgan fingerprint density at radius 3 is 1.14 bits per heavy atom. The van der Waals surface area contributed by atoms with Crippen molar-refractivity contribution in [1.29, 1.82) is 0 Å². The first-order chi connectivity index (χ1) is 16.9. The lowest BCUT2D eigenvalue weighted by Crippen LogP contribution is -2.61. The van der Waals surface area contributed by atoms with Crippen LogP contribution in [-0.4, -0.2) is 36.6 Å². The van der Waals surface area contributed by atoms with E-state index < -0.39 is 23.4 Å². The van der Waals surface area contributed by atoms with Crippen molar-refractivity contribution in [2.24, 2.45) is 0 Å². The molecule has 0 rings (SSSR count). The van der Waals surface area contributed by atoms with Crippen LogP contribution in [0, 0.1) is 0 Å². The molecule has 0 bridgehead atoms. The Morgan fingerprint density at radius 2 is 0.857 bits per heavy atom. The summed E-state index contributed by atoms with van der Waals surface area (Å²) in [5.74, 6) is -1.92. The molecule has 206 valence electrons. The molecule has 0 aliphatic heterocycles. The van der Waals surface area contributed by atoms with Gasteiger partial charge in [0, 0.05) is 6.92 Å². The van der Waals surface area contributed by atoms with E-state index >= 15 is 0 Å². The fraction of sp³-hybridized carbons (Fsp3) is 0.897. The van der Waals surface area contributed by atoms with Crippen molar-refractivity contribution in [3.63, 3.8) is 0 Å². The predicted molar refractivity (Wildman–Crippen MR) is 143 cm³/mol. The smallest absolute Gasteiger partial charge is 0.343 e. The van der Waals surface area contributed by atoms with Gasteiger partial charge in [0.1, 0.15) is 0 Å². The first kappa shape index (κ1) is 33.4. The molecule has 1 amide bonds. The lowest BCUT2D eigenvalue weighted by atomic mass is 9.91. The summed E-state index contributed by atoms with van der Waals surface area (Å²) in [5.41, 5.74) is -1.74. The zero-order valence-corrected chi connectivity index (χ0v) is 23.4. The molecule has 0 unspecified atom stereocenters. The molecule has 0 atom stereocenters. The zero-order valence-electron chi connectivity index (χ0n) is 23.4. The Labute approximate surface area is 215 Å². The first-order valence-electron chi connectivity index (χ1n) is 14.6. The van der Waals surface area contributed by atoms with Gasteiger partial charge in [-0.1, -0.05) is 116 Å². The maximum atomic E-state index is 12.6. The molecule has 0 aliphatic rings. The van der Waals surface area contributed by atoms with Crippen LogP contribution >= 0.6 is 0 Å². The molecule has 0 fully saturated rings. The van der Waals surface area contributed by atoms with Gasteiger partial charge in [0.25, 0.3) is 0 Å². The van der Waals surface area contributed by atoms with E-state index in [9.17, 15) is 14.4 Å². The Morgan fingerprint density at radius 1 is 0.543 bits per heavy atom. The van der Waals surface area contributed by atoms with Crippen LogP contribution in [0.2, 0.25) is 0 Å². The van der Waals surface area contributed by atoms with E-state index in [1.807, 2.05) is 0 Å². The van der Waals surface area contributed by atoms with Gasteiger partial charge < -0.3 is 14.8 Å². The van der Waals surface area contributed by atoms with Crippen LogP contribution in [0.1, 0.15) is 150 Å². The number of carbonyl (C=O) groups excluding carboxylic acids is 3. The highest BCUT2D eigenvalue weighted by Crippen LogP contribution is 2.21. The van der Waals surface area contributed by atoms with Crippen LogP contribution in [0.25, 0.3) is 0 Å². The third-order valence-electron chi connectivity index (χ3n) is 6.54. The fourth-order valence-electron chi connectivity index (χ4n) is 4.55. The van der Waals surface area contributed by atoms with Gasteiger partial charge in [-0.2, -0.15) is 0 Å². The van der Waals surface area contributed by atoms with E-state index in [1.54, 1.807) is 13.8 Å². The van der Waals surface area contributed by atoms with E-state index in [0.717, 1.165) is 19.3 Å². The van der Waals surface area contributed by atoms with Gasteiger partial charge in [-0.3, -0.25) is 4.79 Å². The summed E-state index contributed by atoms with van der Waals surface area (Å²) in [7, 11) is 0. The number of rotatable bonds is 24. The molecule has 6 nitrogen and oxygen atoms in total. The minimum absolute atomic E-state index is 0.138. The molecule has 0 aliphatic carbocycles. The summed E-state index contributed by atoms with van der Waals surface area (Å²) in [4.78, 5) is 36.9. The zero-order chi connectivity index (χ0) is 26.2. The molecular weight excluding hydrogens is 442 g/mol. The monoisotopic (exact) mass is 497 g/mol. The normalized spacial score (nSPS) is 11.3. The van der Waals surface area contributed by atoms with Crippen LogP contribution < -0.4 is 5.32 Å². The maximum absolute atomic E-state index is 12.6. The molecule has 0 saturated heterocycles.